The molecule has 1 heteroatoms. The van der Waals surface area contributed by atoms with Crippen molar-refractivity contribution in [2.24, 2.45) is 0 Å². The molecule has 0 bridgehead atoms. The van der Waals surface area contributed by atoms with Crippen molar-refractivity contribution < 1.29 is 32.7 Å². The SMILES string of the molecule is CC.CC.CC.CC.Cc1c(C)c(C)c(C)c(C)c1C.Cc1c(C)c(C)c(C)c(C)c1C.[Y].[c-]1ccccc1.[c-]1ccccc1.c1ccc2ccccc2c1. The van der Waals surface area contributed by atoms with Crippen LogP contribution in [0.5, 0.6) is 0 Å². The van der Waals surface area contributed by atoms with Gasteiger partial charge in [0.05, 0.1) is 0 Å². The average molecular weight is 816 g/mol. The Morgan fingerprint density at radius 1 is 0.236 bits per heavy atom. The minimum Gasteiger partial charge on any atom is -0.184 e. The molecule has 0 unspecified atom stereocenters. The molecule has 0 amide bonds. The third-order valence-corrected chi connectivity index (χ3v) is 9.62. The maximum absolute atomic E-state index is 2.89. The number of rotatable bonds is 0. The Labute approximate surface area is 367 Å². The predicted octanol–water partition coefficient (Wildman–Crippen LogP) is 17.0. The van der Waals surface area contributed by atoms with E-state index in [0.717, 1.165) is 0 Å². The van der Waals surface area contributed by atoms with E-state index in [1.54, 1.807) is 0 Å². The van der Waals surface area contributed by atoms with Crippen LogP contribution in [-0.4, -0.2) is 0 Å². The fourth-order valence-electron chi connectivity index (χ4n) is 5.19. The molecular weight excluding hydrogens is 737 g/mol. The molecule has 0 heterocycles. The summed E-state index contributed by atoms with van der Waals surface area (Å²) >= 11 is 0. The summed E-state index contributed by atoms with van der Waals surface area (Å²) in [5, 5.41) is 2.62. The zero-order chi connectivity index (χ0) is 42.2. The second kappa shape index (κ2) is 36.3. The van der Waals surface area contributed by atoms with E-state index in [-0.39, 0.29) is 32.7 Å². The summed E-state index contributed by atoms with van der Waals surface area (Å²) < 4.78 is 0. The maximum Gasteiger partial charge on any atom is 0 e. The molecule has 299 valence electrons. The van der Waals surface area contributed by atoms with Crippen molar-refractivity contribution in [1.82, 2.24) is 0 Å². The van der Waals surface area contributed by atoms with Gasteiger partial charge in [-0.3, -0.25) is 0 Å². The second-order valence-corrected chi connectivity index (χ2v) is 12.0. The molecule has 0 fully saturated rings. The third-order valence-electron chi connectivity index (χ3n) is 9.62. The van der Waals surface area contributed by atoms with Crippen LogP contribution in [0.3, 0.4) is 0 Å². The Hall–Kier alpha value is -3.32. The van der Waals surface area contributed by atoms with Crippen molar-refractivity contribution in [3.63, 3.8) is 0 Å². The summed E-state index contributed by atoms with van der Waals surface area (Å²) in [7, 11) is 0. The zero-order valence-corrected chi connectivity index (χ0v) is 41.8. The molecule has 1 radical (unpaired) electrons. The van der Waals surface area contributed by atoms with Crippen LogP contribution in [0.4, 0.5) is 0 Å². The van der Waals surface area contributed by atoms with E-state index >= 15 is 0 Å². The molecule has 0 aromatic heterocycles. The van der Waals surface area contributed by atoms with Crippen LogP contribution in [0, 0.1) is 95.2 Å². The van der Waals surface area contributed by atoms with E-state index in [9.17, 15) is 0 Å². The molecule has 6 aromatic carbocycles. The Balaban J connectivity index is -0.000000286. The topological polar surface area (TPSA) is 0 Å². The average Bonchev–Trinajstić information content (AvgIpc) is 3.27. The molecular formula is C54H78Y-2. The standard InChI is InChI=1S/2C12H18.C10H8.2C6H5.4C2H6.Y/c2*1-7-8(2)10(4)12(6)11(5)9(7)3;1-2-6-10-8-4-3-7-9(10)5-1;2*1-2-4-6-5-3-1;4*1-2;/h2*1-6H3;1-8H;2*1-5H;4*1-2H3;/q;;;2*-1;;;;;. The summed E-state index contributed by atoms with van der Waals surface area (Å²) in [6.07, 6.45) is 0. The van der Waals surface area contributed by atoms with E-state index in [2.05, 4.69) is 144 Å². The maximum atomic E-state index is 2.89. The van der Waals surface area contributed by atoms with E-state index in [4.69, 9.17) is 0 Å². The van der Waals surface area contributed by atoms with Gasteiger partial charge >= 0.3 is 0 Å². The number of hydrogen-bond acceptors (Lipinski definition) is 0. The van der Waals surface area contributed by atoms with Gasteiger partial charge in [-0.25, -0.2) is 0 Å². The normalized spacial score (nSPS) is 8.58. The minimum absolute atomic E-state index is 0. The molecule has 0 aliphatic carbocycles. The van der Waals surface area contributed by atoms with E-state index in [1.807, 2.05) is 116 Å². The van der Waals surface area contributed by atoms with Crippen LogP contribution < -0.4 is 0 Å². The smallest absolute Gasteiger partial charge is 0 e. The van der Waals surface area contributed by atoms with Gasteiger partial charge in [0.15, 0.2) is 0 Å². The van der Waals surface area contributed by atoms with E-state index < -0.39 is 0 Å². The van der Waals surface area contributed by atoms with Gasteiger partial charge in [-0.05, 0) is 161 Å². The predicted molar refractivity (Wildman–Crippen MR) is 250 cm³/mol. The van der Waals surface area contributed by atoms with Crippen molar-refractivity contribution in [3.8, 4) is 0 Å². The van der Waals surface area contributed by atoms with Crippen LogP contribution in [0.15, 0.2) is 109 Å². The van der Waals surface area contributed by atoms with E-state index in [0.29, 0.717) is 0 Å². The quantitative estimate of drug-likeness (QED) is 0.134. The van der Waals surface area contributed by atoms with Gasteiger partial charge in [0.25, 0.3) is 0 Å². The summed E-state index contributed by atoms with van der Waals surface area (Å²) in [6, 6.07) is 41.7. The number of benzene rings is 6. The molecule has 0 nitrogen and oxygen atoms in total. The van der Waals surface area contributed by atoms with Gasteiger partial charge in [-0.2, -0.15) is 72.8 Å². The first-order chi connectivity index (χ1) is 25.9. The zero-order valence-electron chi connectivity index (χ0n) is 39.0. The summed E-state index contributed by atoms with van der Waals surface area (Å²) in [5.74, 6) is 0. The molecule has 6 aromatic rings. The molecule has 55 heavy (non-hydrogen) atoms. The number of hydrogen-bond donors (Lipinski definition) is 0. The Bertz CT molecular complexity index is 1350. The molecule has 6 rings (SSSR count). The largest absolute Gasteiger partial charge is 0.184 e. The molecule has 0 atom stereocenters. The van der Waals surface area contributed by atoms with Gasteiger partial charge in [0.1, 0.15) is 0 Å². The van der Waals surface area contributed by atoms with Crippen molar-refractivity contribution in [2.45, 2.75) is 138 Å². The van der Waals surface area contributed by atoms with Crippen LogP contribution in [-0.2, 0) is 32.7 Å². The van der Waals surface area contributed by atoms with Gasteiger partial charge in [0, 0.05) is 32.7 Å². The summed E-state index contributed by atoms with van der Waals surface area (Å²) in [4.78, 5) is 0. The second-order valence-electron chi connectivity index (χ2n) is 12.0. The number of fused-ring (bicyclic) bond motifs is 1. The molecule has 0 spiro atoms. The minimum atomic E-state index is 0. The fraction of sp³-hybridized carbons (Fsp3) is 0.370. The molecule has 0 N–H and O–H groups in total. The van der Waals surface area contributed by atoms with Crippen molar-refractivity contribution in [3.05, 3.63) is 188 Å². The van der Waals surface area contributed by atoms with Crippen molar-refractivity contribution >= 4 is 10.8 Å². The molecule has 0 aliphatic rings. The molecule has 0 saturated heterocycles. The Morgan fingerprint density at radius 3 is 0.473 bits per heavy atom. The molecule has 0 aliphatic heterocycles. The van der Waals surface area contributed by atoms with Crippen LogP contribution in [0.1, 0.15) is 122 Å². The molecule has 0 saturated carbocycles. The summed E-state index contributed by atoms with van der Waals surface area (Å²) in [6.45, 7) is 42.5. The first-order valence-electron chi connectivity index (χ1n) is 20.2. The van der Waals surface area contributed by atoms with Crippen molar-refractivity contribution in [2.75, 3.05) is 0 Å². The van der Waals surface area contributed by atoms with Crippen LogP contribution in [0.25, 0.3) is 10.8 Å². The first-order valence-corrected chi connectivity index (χ1v) is 20.2. The monoisotopic (exact) mass is 816 g/mol. The van der Waals surface area contributed by atoms with Crippen LogP contribution in [0.2, 0.25) is 0 Å². The van der Waals surface area contributed by atoms with Crippen molar-refractivity contribution in [1.29, 1.82) is 0 Å². The van der Waals surface area contributed by atoms with Gasteiger partial charge in [-0.15, -0.1) is 0 Å². The van der Waals surface area contributed by atoms with Gasteiger partial charge < -0.3 is 0 Å². The summed E-state index contributed by atoms with van der Waals surface area (Å²) in [5.41, 5.74) is 17.5. The van der Waals surface area contributed by atoms with Crippen LogP contribution >= 0.6 is 0 Å². The Kier molecular flexibility index (Phi) is 38.6. The first kappa shape index (κ1) is 58.4. The van der Waals surface area contributed by atoms with E-state index in [1.165, 1.54) is 77.5 Å². The Morgan fingerprint density at radius 2 is 0.382 bits per heavy atom. The third kappa shape index (κ3) is 21.5. The fourth-order valence-corrected chi connectivity index (χ4v) is 5.19. The van der Waals surface area contributed by atoms with Gasteiger partial charge in [0.2, 0.25) is 0 Å². The van der Waals surface area contributed by atoms with Gasteiger partial charge in [-0.1, -0.05) is 104 Å².